The maximum atomic E-state index is 12.7. The van der Waals surface area contributed by atoms with Crippen LogP contribution in [0.1, 0.15) is 17.0 Å². The van der Waals surface area contributed by atoms with Crippen LogP contribution in [-0.2, 0) is 27.3 Å². The van der Waals surface area contributed by atoms with E-state index in [0.29, 0.717) is 13.0 Å². The van der Waals surface area contributed by atoms with Gasteiger partial charge in [0.2, 0.25) is 11.8 Å². The number of hydrogen-bond donors (Lipinski definition) is 2. The second kappa shape index (κ2) is 9.34. The highest BCUT2D eigenvalue weighted by molar-refractivity contribution is 5.92. The third-order valence-electron chi connectivity index (χ3n) is 4.64. The van der Waals surface area contributed by atoms with Crippen molar-refractivity contribution in [2.45, 2.75) is 26.8 Å². The molecule has 29 heavy (non-hydrogen) atoms. The summed E-state index contributed by atoms with van der Waals surface area (Å²) in [6, 6.07) is 13.6. The minimum atomic E-state index is -0.178. The summed E-state index contributed by atoms with van der Waals surface area (Å²) in [5.74, 6) is 0.451. The number of anilines is 1. The number of aryl methyl sites for hydroxylation is 2. The second-order valence-electron chi connectivity index (χ2n) is 7.00. The van der Waals surface area contributed by atoms with Gasteiger partial charge in [-0.25, -0.2) is 4.98 Å². The molecule has 0 unspecified atom stereocenters. The molecule has 0 aliphatic rings. The van der Waals surface area contributed by atoms with Gasteiger partial charge in [-0.15, -0.1) is 0 Å². The predicted octanol–water partition coefficient (Wildman–Crippen LogP) is 2.60. The van der Waals surface area contributed by atoms with Crippen molar-refractivity contribution >= 4 is 28.5 Å². The Labute approximate surface area is 170 Å². The van der Waals surface area contributed by atoms with Gasteiger partial charge in [0.25, 0.3) is 0 Å². The summed E-state index contributed by atoms with van der Waals surface area (Å²) >= 11 is 0. The summed E-state index contributed by atoms with van der Waals surface area (Å²) in [5, 5.41) is 5.78. The molecule has 0 saturated carbocycles. The normalized spacial score (nSPS) is 10.9. The van der Waals surface area contributed by atoms with Gasteiger partial charge in [-0.05, 0) is 37.6 Å². The molecule has 152 valence electrons. The van der Waals surface area contributed by atoms with Crippen molar-refractivity contribution < 1.29 is 14.3 Å². The van der Waals surface area contributed by atoms with E-state index in [-0.39, 0.29) is 25.0 Å². The molecule has 0 fully saturated rings. The molecular formula is C22H26N4O3. The molecule has 7 nitrogen and oxygen atoms in total. The molecule has 0 aliphatic heterocycles. The lowest BCUT2D eigenvalue weighted by Crippen LogP contribution is -2.30. The summed E-state index contributed by atoms with van der Waals surface area (Å²) in [5.41, 5.74) is 4.69. The first-order valence-corrected chi connectivity index (χ1v) is 9.55. The van der Waals surface area contributed by atoms with Gasteiger partial charge in [-0.3, -0.25) is 9.59 Å². The van der Waals surface area contributed by atoms with Crippen molar-refractivity contribution in [3.05, 3.63) is 59.4 Å². The first-order valence-electron chi connectivity index (χ1n) is 9.55. The predicted molar refractivity (Wildman–Crippen MR) is 113 cm³/mol. The number of amides is 2. The maximum absolute atomic E-state index is 12.7. The Morgan fingerprint density at radius 1 is 1.10 bits per heavy atom. The van der Waals surface area contributed by atoms with Gasteiger partial charge in [0.15, 0.2) is 0 Å². The lowest BCUT2D eigenvalue weighted by Gasteiger charge is -2.12. The minimum absolute atomic E-state index is 0.0225. The van der Waals surface area contributed by atoms with Crippen LogP contribution in [0.15, 0.2) is 42.5 Å². The number of para-hydroxylation sites is 2. The Kier molecular flexibility index (Phi) is 6.61. The van der Waals surface area contributed by atoms with Crippen LogP contribution in [0, 0.1) is 13.8 Å². The molecule has 0 atom stereocenters. The number of fused-ring (bicyclic) bond motifs is 1. The van der Waals surface area contributed by atoms with Crippen LogP contribution in [0.25, 0.3) is 11.0 Å². The van der Waals surface area contributed by atoms with E-state index < -0.39 is 0 Å². The quantitative estimate of drug-likeness (QED) is 0.615. The number of benzene rings is 2. The van der Waals surface area contributed by atoms with Crippen LogP contribution >= 0.6 is 0 Å². The van der Waals surface area contributed by atoms with Crippen molar-refractivity contribution in [2.75, 3.05) is 25.6 Å². The molecule has 3 aromatic rings. The molecule has 1 heterocycles. The van der Waals surface area contributed by atoms with E-state index in [2.05, 4.69) is 15.6 Å². The Hall–Kier alpha value is -3.19. The minimum Gasteiger partial charge on any atom is -0.375 e. The van der Waals surface area contributed by atoms with E-state index in [4.69, 9.17) is 4.74 Å². The Bertz CT molecular complexity index is 1030. The fourth-order valence-corrected chi connectivity index (χ4v) is 3.28. The molecule has 3 rings (SSSR count). The highest BCUT2D eigenvalue weighted by Gasteiger charge is 2.14. The average molecular weight is 394 g/mol. The molecule has 0 radical (unpaired) electrons. The second-order valence-corrected chi connectivity index (χ2v) is 7.00. The summed E-state index contributed by atoms with van der Waals surface area (Å²) in [6.07, 6.45) is 0.515. The van der Waals surface area contributed by atoms with Crippen LogP contribution in [0.3, 0.4) is 0 Å². The number of methoxy groups -OCH3 is 1. The smallest absolute Gasteiger partial charge is 0.245 e. The molecule has 0 spiro atoms. The van der Waals surface area contributed by atoms with Gasteiger partial charge in [-0.2, -0.15) is 0 Å². The van der Waals surface area contributed by atoms with Crippen LogP contribution in [0.4, 0.5) is 5.69 Å². The Balaban J connectivity index is 1.76. The zero-order valence-corrected chi connectivity index (χ0v) is 17.0. The number of hydrogen-bond acceptors (Lipinski definition) is 4. The van der Waals surface area contributed by atoms with Gasteiger partial charge in [0.1, 0.15) is 19.0 Å². The van der Waals surface area contributed by atoms with Crippen molar-refractivity contribution in [2.24, 2.45) is 0 Å². The number of carbonyl (C=O) groups is 2. The molecule has 0 saturated heterocycles. The topological polar surface area (TPSA) is 85.2 Å². The molecular weight excluding hydrogens is 368 g/mol. The van der Waals surface area contributed by atoms with Gasteiger partial charge >= 0.3 is 0 Å². The van der Waals surface area contributed by atoms with E-state index in [9.17, 15) is 9.59 Å². The number of carbonyl (C=O) groups excluding carboxylic acids is 2. The van der Waals surface area contributed by atoms with E-state index in [1.807, 2.05) is 60.9 Å². The van der Waals surface area contributed by atoms with E-state index in [0.717, 1.165) is 33.7 Å². The molecule has 2 N–H and O–H groups in total. The fourth-order valence-electron chi connectivity index (χ4n) is 3.28. The standard InChI is InChI=1S/C22H26N4O3/c1-15-8-9-17(16(2)12-15)25-21(27)13-26-19-7-5-4-6-18(19)24-20(26)10-11-23-22(28)14-29-3/h4-9,12H,10-11,13-14H2,1-3H3,(H,23,28)(H,25,27). The largest absolute Gasteiger partial charge is 0.375 e. The van der Waals surface area contributed by atoms with E-state index in [1.165, 1.54) is 7.11 Å². The summed E-state index contributed by atoms with van der Waals surface area (Å²) < 4.78 is 6.72. The number of nitrogens with zero attached hydrogens (tertiary/aromatic N) is 2. The lowest BCUT2D eigenvalue weighted by molar-refractivity contribution is -0.124. The molecule has 1 aromatic heterocycles. The molecule has 7 heteroatoms. The fraction of sp³-hybridized carbons (Fsp3) is 0.318. The van der Waals surface area contributed by atoms with Crippen LogP contribution in [0.5, 0.6) is 0 Å². The van der Waals surface area contributed by atoms with Gasteiger partial charge in [0.05, 0.1) is 11.0 Å². The highest BCUT2D eigenvalue weighted by atomic mass is 16.5. The van der Waals surface area contributed by atoms with E-state index >= 15 is 0 Å². The maximum Gasteiger partial charge on any atom is 0.245 e. The number of aromatic nitrogens is 2. The first-order chi connectivity index (χ1) is 14.0. The Morgan fingerprint density at radius 2 is 1.90 bits per heavy atom. The monoisotopic (exact) mass is 394 g/mol. The highest BCUT2D eigenvalue weighted by Crippen LogP contribution is 2.19. The van der Waals surface area contributed by atoms with Gasteiger partial charge < -0.3 is 19.9 Å². The van der Waals surface area contributed by atoms with Crippen molar-refractivity contribution in [1.29, 1.82) is 0 Å². The Morgan fingerprint density at radius 3 is 2.66 bits per heavy atom. The average Bonchev–Trinajstić information content (AvgIpc) is 3.02. The summed E-state index contributed by atoms with van der Waals surface area (Å²) in [6.45, 7) is 4.59. The molecule has 0 bridgehead atoms. The zero-order chi connectivity index (χ0) is 20.8. The molecule has 2 aromatic carbocycles. The van der Waals surface area contributed by atoms with E-state index in [1.54, 1.807) is 0 Å². The number of imidazole rings is 1. The van der Waals surface area contributed by atoms with Gasteiger partial charge in [-0.1, -0.05) is 29.8 Å². The van der Waals surface area contributed by atoms with Gasteiger partial charge in [0, 0.05) is 25.8 Å². The third-order valence-corrected chi connectivity index (χ3v) is 4.64. The van der Waals surface area contributed by atoms with Crippen LogP contribution in [0.2, 0.25) is 0 Å². The molecule has 0 aliphatic carbocycles. The number of nitrogens with one attached hydrogen (secondary N) is 2. The lowest BCUT2D eigenvalue weighted by atomic mass is 10.1. The van der Waals surface area contributed by atoms with Crippen molar-refractivity contribution in [1.82, 2.24) is 14.9 Å². The van der Waals surface area contributed by atoms with Crippen LogP contribution < -0.4 is 10.6 Å². The summed E-state index contributed by atoms with van der Waals surface area (Å²) in [7, 11) is 1.48. The SMILES string of the molecule is COCC(=O)NCCc1nc2ccccc2n1CC(=O)Nc1ccc(C)cc1C. The number of ether oxygens (including phenoxy) is 1. The van der Waals surface area contributed by atoms with Crippen molar-refractivity contribution in [3.63, 3.8) is 0 Å². The van der Waals surface area contributed by atoms with Crippen molar-refractivity contribution in [3.8, 4) is 0 Å². The number of rotatable bonds is 8. The zero-order valence-electron chi connectivity index (χ0n) is 17.0. The van der Waals surface area contributed by atoms with Crippen LogP contribution in [-0.4, -0.2) is 41.6 Å². The summed E-state index contributed by atoms with van der Waals surface area (Å²) in [4.78, 5) is 29.0. The molecule has 2 amide bonds. The third kappa shape index (κ3) is 5.20. The first kappa shape index (κ1) is 20.5.